The smallest absolute Gasteiger partial charge is 0.305 e. The molecular weight excluding hydrogens is 788 g/mol. The highest BCUT2D eigenvalue weighted by Crippen LogP contribution is 2.49. The van der Waals surface area contributed by atoms with E-state index in [0.717, 1.165) is 63.4 Å². The largest absolute Gasteiger partial charge is 0.496 e. The summed E-state index contributed by atoms with van der Waals surface area (Å²) in [4.78, 5) is 35.8. The minimum absolute atomic E-state index is 0.0415. The maximum absolute atomic E-state index is 12.6. The van der Waals surface area contributed by atoms with E-state index in [0.29, 0.717) is 20.7 Å². The molecule has 6 rings (SSSR count). The Morgan fingerprint density at radius 3 is 1.59 bits per heavy atom. The number of thioether (sulfide) groups is 2. The van der Waals surface area contributed by atoms with Gasteiger partial charge in [0.05, 0.1) is 53.0 Å². The quantitative estimate of drug-likeness (QED) is 0.114. The molecule has 2 heterocycles. The lowest BCUT2D eigenvalue weighted by atomic mass is 9.96. The van der Waals surface area contributed by atoms with Crippen molar-refractivity contribution >= 4 is 93.2 Å². The number of hydrogen-bond acceptors (Lipinski definition) is 8. The molecule has 284 valence electrons. The maximum atomic E-state index is 12.6. The van der Waals surface area contributed by atoms with E-state index in [9.17, 15) is 24.6 Å². The normalized spacial score (nSPS) is 19.0. The van der Waals surface area contributed by atoms with Gasteiger partial charge < -0.3 is 30.3 Å². The number of anilines is 2. The fourth-order valence-corrected chi connectivity index (χ4v) is 10.3. The number of halogens is 2. The number of carboxylic acid groups (broad SMARTS) is 2. The lowest BCUT2D eigenvalue weighted by Gasteiger charge is -2.23. The van der Waals surface area contributed by atoms with E-state index in [1.54, 1.807) is 38.1 Å². The van der Waals surface area contributed by atoms with Gasteiger partial charge in [0, 0.05) is 21.4 Å². The van der Waals surface area contributed by atoms with Crippen LogP contribution < -0.4 is 20.1 Å². The van der Waals surface area contributed by atoms with Crippen molar-refractivity contribution in [2.24, 2.45) is 0 Å². The van der Waals surface area contributed by atoms with Gasteiger partial charge in [-0.25, -0.2) is 0 Å². The van der Waals surface area contributed by atoms with Crippen LogP contribution in [-0.4, -0.2) is 57.8 Å². The van der Waals surface area contributed by atoms with Crippen molar-refractivity contribution in [3.8, 4) is 11.5 Å². The summed E-state index contributed by atoms with van der Waals surface area (Å²) in [7, 11) is 3.29. The first kappa shape index (κ1) is 41.2. The van der Waals surface area contributed by atoms with Crippen LogP contribution in [0, 0.1) is 0 Å². The molecule has 2 aliphatic rings. The highest BCUT2D eigenvalue weighted by Gasteiger charge is 2.35. The van der Waals surface area contributed by atoms with Crippen LogP contribution in [0.15, 0.2) is 72.8 Å². The van der Waals surface area contributed by atoms with Crippen LogP contribution in [0.4, 0.5) is 11.4 Å². The zero-order valence-electron chi connectivity index (χ0n) is 30.0. The first-order valence-electron chi connectivity index (χ1n) is 17.2. The number of hydrogen-bond donors (Lipinski definition) is 4. The highest BCUT2D eigenvalue weighted by molar-refractivity contribution is 8.02. The summed E-state index contributed by atoms with van der Waals surface area (Å²) in [5, 5.41) is 24.4. The van der Waals surface area contributed by atoms with Crippen molar-refractivity contribution in [2.45, 2.75) is 60.5 Å². The molecule has 4 aromatic carbocycles. The van der Waals surface area contributed by atoms with Gasteiger partial charge in [-0.05, 0) is 94.8 Å². The van der Waals surface area contributed by atoms with Crippen molar-refractivity contribution < 1.29 is 34.1 Å². The summed E-state index contributed by atoms with van der Waals surface area (Å²) in [6, 6.07) is 22.7. The van der Waals surface area contributed by atoms with Crippen molar-refractivity contribution in [3.63, 3.8) is 0 Å². The number of carboxylic acids is 2. The molecule has 14 heteroatoms. The average Bonchev–Trinajstić information content (AvgIpc) is 3.36. The molecular formula is C40H40Cl2N2O7S3. The SMILES string of the molecule is CCc1c(OC)cccc1[C@@H]1S[C@@H](CC(=O)O)C(=O)Nc2ccc(Cl)cc21.CCc1c(OC)cccc1[C@@H]1S[C@@H](CC(=O)O)C(=S)Nc2ccc(Cl)cc21. The molecule has 9 nitrogen and oxygen atoms in total. The van der Waals surface area contributed by atoms with Crippen LogP contribution in [0.25, 0.3) is 0 Å². The molecule has 54 heavy (non-hydrogen) atoms. The lowest BCUT2D eigenvalue weighted by molar-refractivity contribution is -0.138. The van der Waals surface area contributed by atoms with Gasteiger partial charge in [0.15, 0.2) is 0 Å². The molecule has 0 radical (unpaired) electrons. The van der Waals surface area contributed by atoms with Crippen LogP contribution in [0.5, 0.6) is 11.5 Å². The summed E-state index contributed by atoms with van der Waals surface area (Å²) in [5.74, 6) is -0.590. The van der Waals surface area contributed by atoms with Gasteiger partial charge in [-0.1, -0.05) is 73.5 Å². The average molecular weight is 828 g/mol. The molecule has 0 aliphatic carbocycles. The minimum atomic E-state index is -1.01. The summed E-state index contributed by atoms with van der Waals surface area (Å²) in [6.45, 7) is 4.12. The van der Waals surface area contributed by atoms with Gasteiger partial charge >= 0.3 is 11.9 Å². The second-order valence-electron chi connectivity index (χ2n) is 12.4. The second-order valence-corrected chi connectivity index (χ2v) is 16.3. The number of ether oxygens (including phenoxy) is 2. The van der Waals surface area contributed by atoms with Crippen LogP contribution in [0.1, 0.15) is 70.6 Å². The van der Waals surface area contributed by atoms with Gasteiger partial charge in [0.1, 0.15) is 11.5 Å². The predicted octanol–water partition coefficient (Wildman–Crippen LogP) is 9.86. The van der Waals surface area contributed by atoms with E-state index in [1.807, 2.05) is 61.5 Å². The van der Waals surface area contributed by atoms with Gasteiger partial charge in [-0.2, -0.15) is 0 Å². The van der Waals surface area contributed by atoms with E-state index >= 15 is 0 Å². The highest BCUT2D eigenvalue weighted by atomic mass is 35.5. The van der Waals surface area contributed by atoms with Gasteiger partial charge in [-0.15, -0.1) is 23.5 Å². The second kappa shape index (κ2) is 18.6. The Bertz CT molecular complexity index is 1920. The van der Waals surface area contributed by atoms with Crippen LogP contribution in [0.3, 0.4) is 0 Å². The van der Waals surface area contributed by atoms with Gasteiger partial charge in [-0.3, -0.25) is 14.4 Å². The molecule has 0 aromatic heterocycles. The summed E-state index contributed by atoms with van der Waals surface area (Å²) in [5.41, 5.74) is 7.59. The predicted molar refractivity (Wildman–Crippen MR) is 223 cm³/mol. The zero-order chi connectivity index (χ0) is 39.1. The summed E-state index contributed by atoms with van der Waals surface area (Å²) < 4.78 is 11.1. The van der Waals surface area contributed by atoms with Crippen molar-refractivity contribution in [1.29, 1.82) is 0 Å². The Kier molecular flexibility index (Phi) is 14.2. The Morgan fingerprint density at radius 2 is 1.15 bits per heavy atom. The fraction of sp³-hybridized carbons (Fsp3) is 0.300. The van der Waals surface area contributed by atoms with Crippen LogP contribution >= 0.6 is 58.9 Å². The molecule has 0 bridgehead atoms. The first-order chi connectivity index (χ1) is 25.9. The number of amides is 1. The van der Waals surface area contributed by atoms with E-state index in [-0.39, 0.29) is 34.5 Å². The molecule has 4 aromatic rings. The molecule has 2 aliphatic heterocycles. The Hall–Kier alpha value is -3.94. The number of methoxy groups -OCH3 is 2. The summed E-state index contributed by atoms with van der Waals surface area (Å²) >= 11 is 20.9. The van der Waals surface area contributed by atoms with E-state index in [1.165, 1.54) is 11.8 Å². The fourth-order valence-electron chi connectivity index (χ4n) is 6.63. The zero-order valence-corrected chi connectivity index (χ0v) is 33.9. The third-order valence-electron chi connectivity index (χ3n) is 9.06. The Balaban J connectivity index is 0.000000208. The molecule has 0 unspecified atom stereocenters. The van der Waals surface area contributed by atoms with E-state index in [4.69, 9.17) is 44.9 Å². The molecule has 0 spiro atoms. The van der Waals surface area contributed by atoms with Gasteiger partial charge in [0.2, 0.25) is 5.91 Å². The molecule has 4 atom stereocenters. The van der Waals surface area contributed by atoms with Crippen molar-refractivity contribution in [1.82, 2.24) is 0 Å². The number of nitrogens with one attached hydrogen (secondary N) is 2. The van der Waals surface area contributed by atoms with Gasteiger partial charge in [0.25, 0.3) is 0 Å². The Labute approximate surface area is 338 Å². The number of rotatable bonds is 10. The minimum Gasteiger partial charge on any atom is -0.496 e. The number of benzene rings is 4. The number of thiocarbonyl (C=S) groups is 1. The lowest BCUT2D eigenvalue weighted by Crippen LogP contribution is -2.26. The topological polar surface area (TPSA) is 134 Å². The van der Waals surface area contributed by atoms with Crippen LogP contribution in [0.2, 0.25) is 10.0 Å². The van der Waals surface area contributed by atoms with Crippen LogP contribution in [-0.2, 0) is 27.2 Å². The standard InChI is InChI=1S/C20H20ClNO4S.C20H20ClNO3S2/c1-3-12-13(5-4-6-16(12)26-2)19-14-9-11(21)7-8-15(14)22-20(25)17(27-19)10-18(23)24;1-3-12-13(5-4-6-16(12)25-2)19-14-9-11(21)7-8-15(14)22-20(26)17(27-19)10-18(23)24/h4-9,17,19H,3,10H2,1-2H3,(H,22,25)(H,23,24);4-9,17,19H,3,10H2,1-2H3,(H,22,26)(H,23,24)/t2*17-,19-/m00/s1. The molecule has 0 saturated carbocycles. The number of carbonyl (C=O) groups is 3. The van der Waals surface area contributed by atoms with Crippen molar-refractivity contribution in [3.05, 3.63) is 116 Å². The molecule has 1 amide bonds. The third kappa shape index (κ3) is 9.46. The Morgan fingerprint density at radius 1 is 0.704 bits per heavy atom. The van der Waals surface area contributed by atoms with Crippen molar-refractivity contribution in [2.75, 3.05) is 24.9 Å². The monoisotopic (exact) mass is 826 g/mol. The molecule has 0 saturated heterocycles. The maximum Gasteiger partial charge on any atom is 0.305 e. The number of carbonyl (C=O) groups excluding carboxylic acids is 1. The summed E-state index contributed by atoms with van der Waals surface area (Å²) in [6.07, 6.45) is 1.26. The number of fused-ring (bicyclic) bond motifs is 2. The third-order valence-corrected chi connectivity index (χ3v) is 13.1. The van der Waals surface area contributed by atoms with E-state index < -0.39 is 17.2 Å². The van der Waals surface area contributed by atoms with E-state index in [2.05, 4.69) is 23.6 Å². The number of aliphatic carboxylic acids is 2. The molecule has 4 N–H and O–H groups in total. The first-order valence-corrected chi connectivity index (χ1v) is 20.2. The molecule has 0 fully saturated rings.